The summed E-state index contributed by atoms with van der Waals surface area (Å²) in [5, 5.41) is 0. The predicted molar refractivity (Wildman–Crippen MR) is 115 cm³/mol. The number of carbonyl (C=O) groups is 1. The van der Waals surface area contributed by atoms with Crippen molar-refractivity contribution in [2.75, 3.05) is 33.7 Å². The molecule has 1 aromatic heterocycles. The summed E-state index contributed by atoms with van der Waals surface area (Å²) in [5.74, 6) is 0.267. The van der Waals surface area contributed by atoms with E-state index in [0.29, 0.717) is 6.42 Å². The number of amides is 1. The summed E-state index contributed by atoms with van der Waals surface area (Å²) in [6.45, 7) is 4.31. The van der Waals surface area contributed by atoms with E-state index in [9.17, 15) is 4.79 Å². The minimum Gasteiger partial charge on any atom is -0.336 e. The van der Waals surface area contributed by atoms with Crippen LogP contribution in [0.25, 0.3) is 0 Å². The monoisotopic (exact) mass is 392 g/mol. The first-order chi connectivity index (χ1) is 14.1. The van der Waals surface area contributed by atoms with Crippen LogP contribution in [-0.2, 0) is 24.3 Å². The van der Waals surface area contributed by atoms with E-state index in [2.05, 4.69) is 50.0 Å². The highest BCUT2D eigenvalue weighted by Crippen LogP contribution is 2.38. The highest BCUT2D eigenvalue weighted by molar-refractivity contribution is 5.76. The van der Waals surface area contributed by atoms with Crippen LogP contribution >= 0.6 is 0 Å². The van der Waals surface area contributed by atoms with Crippen molar-refractivity contribution in [2.45, 2.75) is 44.3 Å². The minimum atomic E-state index is 0.0101. The second-order valence-electron chi connectivity index (χ2n) is 8.86. The van der Waals surface area contributed by atoms with Gasteiger partial charge in [-0.3, -0.25) is 14.7 Å². The van der Waals surface area contributed by atoms with E-state index >= 15 is 0 Å². The van der Waals surface area contributed by atoms with Crippen LogP contribution in [0.2, 0.25) is 0 Å². The molecule has 5 heteroatoms. The van der Waals surface area contributed by atoms with Gasteiger partial charge in [-0.05, 0) is 62.7 Å². The average molecular weight is 393 g/mol. The molecule has 1 unspecified atom stereocenters. The van der Waals surface area contributed by atoms with Gasteiger partial charge < -0.3 is 9.80 Å². The molecule has 1 fully saturated rings. The first-order valence-electron chi connectivity index (χ1n) is 10.7. The Morgan fingerprint density at radius 3 is 2.76 bits per heavy atom. The van der Waals surface area contributed by atoms with Gasteiger partial charge in [0.1, 0.15) is 0 Å². The van der Waals surface area contributed by atoms with Gasteiger partial charge in [0.2, 0.25) is 5.91 Å². The van der Waals surface area contributed by atoms with Gasteiger partial charge in [0.15, 0.2) is 0 Å². The van der Waals surface area contributed by atoms with Crippen LogP contribution in [0.4, 0.5) is 0 Å². The third-order valence-electron chi connectivity index (χ3n) is 6.45. The van der Waals surface area contributed by atoms with E-state index in [1.807, 2.05) is 32.6 Å². The summed E-state index contributed by atoms with van der Waals surface area (Å²) >= 11 is 0. The number of hydrogen-bond acceptors (Lipinski definition) is 4. The summed E-state index contributed by atoms with van der Waals surface area (Å²) in [5.41, 5.74) is 3.96. The Bertz CT molecular complexity index is 838. The molecule has 1 amide bonds. The van der Waals surface area contributed by atoms with Gasteiger partial charge in [0, 0.05) is 50.5 Å². The van der Waals surface area contributed by atoms with Crippen LogP contribution in [0, 0.1) is 0 Å². The molecule has 0 bridgehead atoms. The van der Waals surface area contributed by atoms with E-state index in [-0.39, 0.29) is 11.4 Å². The molecule has 0 N–H and O–H groups in total. The van der Waals surface area contributed by atoms with Crippen LogP contribution < -0.4 is 0 Å². The zero-order valence-electron chi connectivity index (χ0n) is 17.7. The smallest absolute Gasteiger partial charge is 0.224 e. The highest BCUT2D eigenvalue weighted by Gasteiger charge is 2.44. The van der Waals surface area contributed by atoms with Crippen molar-refractivity contribution in [3.8, 4) is 0 Å². The Morgan fingerprint density at radius 1 is 1.17 bits per heavy atom. The van der Waals surface area contributed by atoms with Crippen LogP contribution in [-0.4, -0.2) is 64.9 Å². The Labute approximate surface area is 174 Å². The van der Waals surface area contributed by atoms with Gasteiger partial charge in [0.05, 0.1) is 0 Å². The van der Waals surface area contributed by atoms with Crippen molar-refractivity contribution < 1.29 is 4.79 Å². The Hall–Kier alpha value is -2.24. The van der Waals surface area contributed by atoms with Gasteiger partial charge in [-0.2, -0.15) is 0 Å². The van der Waals surface area contributed by atoms with Crippen molar-refractivity contribution in [1.82, 2.24) is 19.7 Å². The second kappa shape index (κ2) is 8.64. The van der Waals surface area contributed by atoms with E-state index in [1.165, 1.54) is 23.1 Å². The standard InChI is InChI=1S/C24H32N4O/c1-26(2)14-10-23(29)27-18-22-9-4-3-8-21(22)15-24(19-27)11-6-13-28(24)17-20-7-5-12-25-16-20/h3-5,7-9,12,16H,6,10-11,13-15,17-19H2,1-2H3. The lowest BCUT2D eigenvalue weighted by Crippen LogP contribution is -2.53. The van der Waals surface area contributed by atoms with Gasteiger partial charge >= 0.3 is 0 Å². The number of aromatic nitrogens is 1. The van der Waals surface area contributed by atoms with E-state index < -0.39 is 0 Å². The lowest BCUT2D eigenvalue weighted by molar-refractivity contribution is -0.133. The topological polar surface area (TPSA) is 39.7 Å². The molecule has 1 spiro atoms. The first-order valence-corrected chi connectivity index (χ1v) is 10.7. The Morgan fingerprint density at radius 2 is 2.00 bits per heavy atom. The number of carbonyl (C=O) groups excluding carboxylic acids is 1. The quantitative estimate of drug-likeness (QED) is 0.784. The molecule has 3 heterocycles. The maximum Gasteiger partial charge on any atom is 0.224 e. The summed E-state index contributed by atoms with van der Waals surface area (Å²) in [7, 11) is 4.05. The van der Waals surface area contributed by atoms with Crippen molar-refractivity contribution in [1.29, 1.82) is 0 Å². The Balaban J connectivity index is 1.63. The fourth-order valence-corrected chi connectivity index (χ4v) is 4.90. The number of nitrogens with zero attached hydrogens (tertiary/aromatic N) is 4. The fraction of sp³-hybridized carbons (Fsp3) is 0.500. The molecule has 5 nitrogen and oxygen atoms in total. The highest BCUT2D eigenvalue weighted by atomic mass is 16.2. The molecular weight excluding hydrogens is 360 g/mol. The van der Waals surface area contributed by atoms with Crippen molar-refractivity contribution in [2.24, 2.45) is 0 Å². The average Bonchev–Trinajstić information content (AvgIpc) is 2.99. The van der Waals surface area contributed by atoms with Gasteiger partial charge in [0.25, 0.3) is 0 Å². The molecule has 4 rings (SSSR count). The third-order valence-corrected chi connectivity index (χ3v) is 6.45. The van der Waals surface area contributed by atoms with E-state index in [1.54, 1.807) is 0 Å². The van der Waals surface area contributed by atoms with E-state index in [0.717, 1.165) is 45.6 Å². The van der Waals surface area contributed by atoms with Gasteiger partial charge in [-0.25, -0.2) is 0 Å². The van der Waals surface area contributed by atoms with Crippen LogP contribution in [0.3, 0.4) is 0 Å². The van der Waals surface area contributed by atoms with Crippen molar-refractivity contribution >= 4 is 5.91 Å². The SMILES string of the molecule is CN(C)CCC(=O)N1Cc2ccccc2CC2(CCCN2Cc2cccnc2)C1. The predicted octanol–water partition coefficient (Wildman–Crippen LogP) is 2.95. The lowest BCUT2D eigenvalue weighted by Gasteiger charge is -2.41. The molecule has 1 atom stereocenters. The summed E-state index contributed by atoms with van der Waals surface area (Å²) < 4.78 is 0. The molecule has 0 radical (unpaired) electrons. The van der Waals surface area contributed by atoms with E-state index in [4.69, 9.17) is 0 Å². The van der Waals surface area contributed by atoms with Crippen LogP contribution in [0.1, 0.15) is 36.0 Å². The molecule has 154 valence electrons. The molecule has 2 aromatic rings. The summed E-state index contributed by atoms with van der Waals surface area (Å²) in [6, 6.07) is 12.9. The second-order valence-corrected chi connectivity index (χ2v) is 8.86. The fourth-order valence-electron chi connectivity index (χ4n) is 4.90. The van der Waals surface area contributed by atoms with Gasteiger partial charge in [-0.1, -0.05) is 30.3 Å². The normalized spacial score (nSPS) is 22.1. The largest absolute Gasteiger partial charge is 0.336 e. The molecule has 29 heavy (non-hydrogen) atoms. The summed E-state index contributed by atoms with van der Waals surface area (Å²) in [6.07, 6.45) is 7.71. The number of fused-ring (bicyclic) bond motifs is 1. The molecule has 0 aliphatic carbocycles. The number of pyridine rings is 1. The van der Waals surface area contributed by atoms with Crippen molar-refractivity contribution in [3.63, 3.8) is 0 Å². The molecule has 1 aromatic carbocycles. The number of benzene rings is 1. The number of hydrogen-bond donors (Lipinski definition) is 0. The van der Waals surface area contributed by atoms with Gasteiger partial charge in [-0.15, -0.1) is 0 Å². The maximum atomic E-state index is 13.1. The van der Waals surface area contributed by atoms with Crippen molar-refractivity contribution in [3.05, 3.63) is 65.5 Å². The molecular formula is C24H32N4O. The molecule has 0 saturated carbocycles. The molecule has 2 aliphatic rings. The zero-order chi connectivity index (χ0) is 20.3. The summed E-state index contributed by atoms with van der Waals surface area (Å²) in [4.78, 5) is 24.3. The third kappa shape index (κ3) is 4.51. The lowest BCUT2D eigenvalue weighted by atomic mass is 9.87. The number of rotatable bonds is 5. The zero-order valence-corrected chi connectivity index (χ0v) is 17.7. The van der Waals surface area contributed by atoms with Crippen LogP contribution in [0.5, 0.6) is 0 Å². The molecule has 2 aliphatic heterocycles. The maximum absolute atomic E-state index is 13.1. The molecule has 1 saturated heterocycles. The van der Waals surface area contributed by atoms with Crippen LogP contribution in [0.15, 0.2) is 48.8 Å². The first kappa shape index (κ1) is 20.0. The Kier molecular flexibility index (Phi) is 5.97. The minimum absolute atomic E-state index is 0.0101. The number of likely N-dealkylation sites (tertiary alicyclic amines) is 1.